The van der Waals surface area contributed by atoms with Gasteiger partial charge in [0.2, 0.25) is 11.8 Å². The molecule has 0 fully saturated rings. The Balaban J connectivity index is 1.58. The lowest BCUT2D eigenvalue weighted by Gasteiger charge is -2.21. The number of aromatic nitrogens is 2. The number of rotatable bonds is 11. The van der Waals surface area contributed by atoms with Gasteiger partial charge in [-0.25, -0.2) is 0 Å². The highest BCUT2D eigenvalue weighted by Crippen LogP contribution is 2.29. The lowest BCUT2D eigenvalue weighted by molar-refractivity contribution is -0.118. The molecule has 1 aromatic heterocycles. The molecule has 8 nitrogen and oxygen atoms in total. The van der Waals surface area contributed by atoms with Gasteiger partial charge in [-0.15, -0.1) is 0 Å². The van der Waals surface area contributed by atoms with E-state index in [1.54, 1.807) is 13.0 Å². The van der Waals surface area contributed by atoms with Crippen molar-refractivity contribution < 1.29 is 23.5 Å². The number of carbonyl (C=O) groups excluding carboxylic acids is 1. The van der Waals surface area contributed by atoms with Crippen molar-refractivity contribution in [3.05, 3.63) is 71.9 Å². The van der Waals surface area contributed by atoms with E-state index >= 15 is 0 Å². The van der Waals surface area contributed by atoms with Crippen molar-refractivity contribution in [2.75, 3.05) is 19.8 Å². The maximum Gasteiger partial charge on any atom is 0.244 e. The van der Waals surface area contributed by atoms with Gasteiger partial charge in [-0.3, -0.25) is 4.79 Å². The summed E-state index contributed by atoms with van der Waals surface area (Å²) in [5.41, 5.74) is 0.0320. The Morgan fingerprint density at radius 3 is 2.52 bits per heavy atom. The van der Waals surface area contributed by atoms with Gasteiger partial charge in [0.15, 0.2) is 17.3 Å². The third-order valence-electron chi connectivity index (χ3n) is 4.57. The van der Waals surface area contributed by atoms with E-state index in [2.05, 4.69) is 15.5 Å². The summed E-state index contributed by atoms with van der Waals surface area (Å²) in [4.78, 5) is 16.6. The van der Waals surface area contributed by atoms with E-state index in [9.17, 15) is 4.79 Å². The molecule has 8 heteroatoms. The summed E-state index contributed by atoms with van der Waals surface area (Å²) in [5.74, 6) is 2.59. The summed E-state index contributed by atoms with van der Waals surface area (Å²) in [6, 6.07) is 15.1. The molecule has 0 saturated carbocycles. The molecular weight excluding hydrogens is 422 g/mol. The molecule has 0 aliphatic carbocycles. The Kier molecular flexibility index (Phi) is 8.07. The first kappa shape index (κ1) is 23.8. The molecule has 0 spiro atoms. The molecular formula is C25H29N3O5. The quantitative estimate of drug-likeness (QED) is 0.343. The number of carbonyl (C=O) groups is 1. The van der Waals surface area contributed by atoms with Gasteiger partial charge in [0.1, 0.15) is 19.0 Å². The zero-order valence-electron chi connectivity index (χ0n) is 19.3. The van der Waals surface area contributed by atoms with Crippen LogP contribution in [-0.4, -0.2) is 35.9 Å². The van der Waals surface area contributed by atoms with Gasteiger partial charge in [0.05, 0.1) is 12.1 Å². The van der Waals surface area contributed by atoms with Crippen molar-refractivity contribution >= 4 is 12.0 Å². The van der Waals surface area contributed by atoms with Crippen LogP contribution in [0.25, 0.3) is 6.08 Å². The van der Waals surface area contributed by atoms with E-state index < -0.39 is 5.54 Å². The van der Waals surface area contributed by atoms with E-state index in [4.69, 9.17) is 18.7 Å². The van der Waals surface area contributed by atoms with Crippen LogP contribution in [0.2, 0.25) is 0 Å². The summed E-state index contributed by atoms with van der Waals surface area (Å²) in [5, 5.41) is 6.76. The predicted molar refractivity (Wildman–Crippen MR) is 124 cm³/mol. The van der Waals surface area contributed by atoms with Crippen molar-refractivity contribution in [2.45, 2.75) is 33.2 Å². The zero-order valence-corrected chi connectivity index (χ0v) is 19.3. The normalized spacial score (nSPS) is 11.4. The predicted octanol–water partition coefficient (Wildman–Crippen LogP) is 4.30. The number of nitrogens with zero attached hydrogens (tertiary/aromatic N) is 2. The fraction of sp³-hybridized carbons (Fsp3) is 0.320. The first-order valence-corrected chi connectivity index (χ1v) is 10.8. The van der Waals surface area contributed by atoms with Crippen molar-refractivity contribution in [1.29, 1.82) is 0 Å². The minimum Gasteiger partial charge on any atom is -0.490 e. The highest BCUT2D eigenvalue weighted by atomic mass is 16.5. The number of benzene rings is 2. The Hall–Kier alpha value is -3.81. The molecule has 0 bridgehead atoms. The van der Waals surface area contributed by atoms with Crippen molar-refractivity contribution in [3.8, 4) is 17.2 Å². The molecule has 3 rings (SSSR count). The Morgan fingerprint density at radius 1 is 1.06 bits per heavy atom. The average molecular weight is 452 g/mol. The highest BCUT2D eigenvalue weighted by Gasteiger charge is 2.27. The number of ether oxygens (including phenoxy) is 3. The van der Waals surface area contributed by atoms with Crippen molar-refractivity contribution in [3.63, 3.8) is 0 Å². The molecule has 0 aliphatic rings. The standard InChI is InChI=1S/C25H29N3O5/c1-5-30-22-17-19(11-13-21(22)32-16-15-31-20-9-7-6-8-10-20)12-14-23(29)27-25(3,4)24-26-18(2)33-28-24/h6-14,17H,5,15-16H2,1-4H3,(H,27,29)/b14-12+. The Morgan fingerprint density at radius 2 is 1.82 bits per heavy atom. The van der Waals surface area contributed by atoms with Crippen LogP contribution in [0.4, 0.5) is 0 Å². The molecule has 33 heavy (non-hydrogen) atoms. The van der Waals surface area contributed by atoms with Crippen molar-refractivity contribution in [1.82, 2.24) is 15.5 Å². The second-order valence-electron chi connectivity index (χ2n) is 7.73. The fourth-order valence-electron chi connectivity index (χ4n) is 2.97. The smallest absolute Gasteiger partial charge is 0.244 e. The monoisotopic (exact) mass is 451 g/mol. The second kappa shape index (κ2) is 11.2. The Labute approximate surface area is 193 Å². The molecule has 2 aromatic carbocycles. The van der Waals surface area contributed by atoms with E-state index in [1.807, 2.05) is 69.3 Å². The van der Waals surface area contributed by atoms with Gasteiger partial charge < -0.3 is 24.1 Å². The van der Waals surface area contributed by atoms with E-state index in [0.717, 1.165) is 11.3 Å². The zero-order chi connectivity index (χ0) is 23.7. The number of aryl methyl sites for hydroxylation is 1. The van der Waals surface area contributed by atoms with Crippen LogP contribution in [0.3, 0.4) is 0 Å². The maximum absolute atomic E-state index is 12.4. The lowest BCUT2D eigenvalue weighted by Crippen LogP contribution is -2.41. The molecule has 1 heterocycles. The van der Waals surface area contributed by atoms with Gasteiger partial charge in [-0.05, 0) is 56.7 Å². The summed E-state index contributed by atoms with van der Waals surface area (Å²) < 4.78 is 22.2. The number of nitrogens with one attached hydrogen (secondary N) is 1. The van der Waals surface area contributed by atoms with Gasteiger partial charge in [-0.2, -0.15) is 4.98 Å². The van der Waals surface area contributed by atoms with Crippen LogP contribution in [0.1, 0.15) is 38.0 Å². The molecule has 1 N–H and O–H groups in total. The van der Waals surface area contributed by atoms with Crippen LogP contribution in [0.5, 0.6) is 17.2 Å². The molecule has 1 amide bonds. The molecule has 3 aromatic rings. The van der Waals surface area contributed by atoms with Gasteiger partial charge in [0, 0.05) is 13.0 Å². The second-order valence-corrected chi connectivity index (χ2v) is 7.73. The molecule has 0 saturated heterocycles. The van der Waals surface area contributed by atoms with Crippen molar-refractivity contribution in [2.24, 2.45) is 0 Å². The summed E-state index contributed by atoms with van der Waals surface area (Å²) in [6.07, 6.45) is 3.16. The van der Waals surface area contributed by atoms with E-state index in [-0.39, 0.29) is 5.91 Å². The third-order valence-corrected chi connectivity index (χ3v) is 4.57. The average Bonchev–Trinajstić information content (AvgIpc) is 3.24. The minimum absolute atomic E-state index is 0.279. The lowest BCUT2D eigenvalue weighted by atomic mass is 10.0. The fourth-order valence-corrected chi connectivity index (χ4v) is 2.97. The third kappa shape index (κ3) is 7.10. The van der Waals surface area contributed by atoms with Crippen LogP contribution in [0, 0.1) is 6.92 Å². The van der Waals surface area contributed by atoms with Crippen LogP contribution < -0.4 is 19.5 Å². The van der Waals surface area contributed by atoms with Gasteiger partial charge in [-0.1, -0.05) is 29.4 Å². The van der Waals surface area contributed by atoms with Crippen LogP contribution >= 0.6 is 0 Å². The van der Waals surface area contributed by atoms with Crippen LogP contribution in [-0.2, 0) is 10.3 Å². The molecule has 0 atom stereocenters. The minimum atomic E-state index is -0.769. The molecule has 0 radical (unpaired) electrons. The molecule has 0 aliphatic heterocycles. The maximum atomic E-state index is 12.4. The number of hydrogen-bond donors (Lipinski definition) is 1. The van der Waals surface area contributed by atoms with E-state index in [0.29, 0.717) is 43.0 Å². The highest BCUT2D eigenvalue weighted by molar-refractivity contribution is 5.92. The molecule has 0 unspecified atom stereocenters. The number of para-hydroxylation sites is 1. The number of amides is 1. The summed E-state index contributed by atoms with van der Waals surface area (Å²) in [7, 11) is 0. The van der Waals surface area contributed by atoms with Crippen LogP contribution in [0.15, 0.2) is 59.1 Å². The first-order valence-electron chi connectivity index (χ1n) is 10.8. The largest absolute Gasteiger partial charge is 0.490 e. The SMILES string of the molecule is CCOc1cc(/C=C/C(=O)NC(C)(C)c2noc(C)n2)ccc1OCCOc1ccccc1. The van der Waals surface area contributed by atoms with E-state index in [1.165, 1.54) is 6.08 Å². The van der Waals surface area contributed by atoms with Gasteiger partial charge in [0.25, 0.3) is 0 Å². The van der Waals surface area contributed by atoms with Gasteiger partial charge >= 0.3 is 0 Å². The first-order chi connectivity index (χ1) is 15.9. The summed E-state index contributed by atoms with van der Waals surface area (Å²) in [6.45, 7) is 8.49. The topological polar surface area (TPSA) is 95.7 Å². The number of hydrogen-bond acceptors (Lipinski definition) is 7. The molecule has 174 valence electrons. The Bertz CT molecular complexity index is 1080. The summed E-state index contributed by atoms with van der Waals surface area (Å²) >= 11 is 0.